The summed E-state index contributed by atoms with van der Waals surface area (Å²) in [6.07, 6.45) is -4.78. The fraction of sp³-hybridized carbons (Fsp3) is 0.211. The molecule has 0 spiro atoms. The van der Waals surface area contributed by atoms with Crippen molar-refractivity contribution in [3.05, 3.63) is 59.7 Å². The maximum absolute atomic E-state index is 13.7. The first kappa shape index (κ1) is 20.3. The number of benzene rings is 2. The fourth-order valence-electron chi connectivity index (χ4n) is 2.70. The highest BCUT2D eigenvalue weighted by molar-refractivity contribution is 5.98. The van der Waals surface area contributed by atoms with Gasteiger partial charge in [0.1, 0.15) is 6.54 Å². The zero-order valence-electron chi connectivity index (χ0n) is 15.0. The summed E-state index contributed by atoms with van der Waals surface area (Å²) >= 11 is 0. The Bertz CT molecular complexity index is 1080. The van der Waals surface area contributed by atoms with Gasteiger partial charge in [0.2, 0.25) is 5.82 Å². The second kappa shape index (κ2) is 7.90. The van der Waals surface area contributed by atoms with E-state index in [0.29, 0.717) is 4.57 Å². The van der Waals surface area contributed by atoms with Gasteiger partial charge in [-0.25, -0.2) is 9.37 Å². The molecule has 0 radical (unpaired) electrons. The molecule has 0 bridgehead atoms. The minimum absolute atomic E-state index is 0.0646. The fourth-order valence-corrected chi connectivity index (χ4v) is 2.70. The van der Waals surface area contributed by atoms with Crippen molar-refractivity contribution in [2.75, 3.05) is 13.7 Å². The van der Waals surface area contributed by atoms with Crippen LogP contribution in [0, 0.1) is 5.82 Å². The van der Waals surface area contributed by atoms with Crippen molar-refractivity contribution in [1.82, 2.24) is 9.55 Å². The van der Waals surface area contributed by atoms with Crippen LogP contribution in [0.5, 0.6) is 5.75 Å². The largest absolute Gasteiger partial charge is 0.494 e. The molecule has 0 N–H and O–H groups in total. The lowest BCUT2D eigenvalue weighted by atomic mass is 10.1. The molecular weight excluding hydrogens is 396 g/mol. The molecule has 0 atom stereocenters. The third kappa shape index (κ3) is 4.36. The molecule has 6 nitrogen and oxygen atoms in total. The number of ketones is 1. The molecule has 0 unspecified atom stereocenters. The molecule has 0 amide bonds. The predicted molar refractivity (Wildman–Crippen MR) is 93.0 cm³/mol. The Hall–Kier alpha value is -3.43. The van der Waals surface area contributed by atoms with Gasteiger partial charge in [-0.2, -0.15) is 13.2 Å². The number of Topliss-reactive ketones (excluding diaryl/α,β-unsaturated/α-hetero) is 1. The Morgan fingerprint density at radius 1 is 1.14 bits per heavy atom. The van der Waals surface area contributed by atoms with E-state index in [9.17, 15) is 27.2 Å². The number of carbonyl (C=O) groups excluding carboxylic acids is 2. The van der Waals surface area contributed by atoms with Gasteiger partial charge in [-0.15, -0.1) is 0 Å². The van der Waals surface area contributed by atoms with E-state index in [1.54, 1.807) is 0 Å². The van der Waals surface area contributed by atoms with Gasteiger partial charge >= 0.3 is 12.1 Å². The quantitative estimate of drug-likeness (QED) is 0.353. The number of ether oxygens (including phenoxy) is 2. The summed E-state index contributed by atoms with van der Waals surface area (Å²) in [4.78, 5) is 27.6. The molecule has 29 heavy (non-hydrogen) atoms. The molecule has 0 aliphatic carbocycles. The van der Waals surface area contributed by atoms with Crippen molar-refractivity contribution < 1.29 is 36.6 Å². The average molecular weight is 410 g/mol. The number of esters is 1. The first-order chi connectivity index (χ1) is 13.7. The van der Waals surface area contributed by atoms with Crippen LogP contribution in [0.25, 0.3) is 11.0 Å². The zero-order valence-corrected chi connectivity index (χ0v) is 15.0. The highest BCUT2D eigenvalue weighted by atomic mass is 19.4. The number of imidazole rings is 1. The number of aromatic nitrogens is 2. The van der Waals surface area contributed by atoms with Gasteiger partial charge in [-0.05, 0) is 30.3 Å². The van der Waals surface area contributed by atoms with Gasteiger partial charge < -0.3 is 14.0 Å². The van der Waals surface area contributed by atoms with Crippen LogP contribution >= 0.6 is 0 Å². The van der Waals surface area contributed by atoms with E-state index in [4.69, 9.17) is 9.47 Å². The van der Waals surface area contributed by atoms with E-state index < -0.39 is 42.7 Å². The first-order valence-corrected chi connectivity index (χ1v) is 8.25. The van der Waals surface area contributed by atoms with Crippen LogP contribution in [0.3, 0.4) is 0 Å². The number of nitrogens with zero attached hydrogens (tertiary/aromatic N) is 2. The van der Waals surface area contributed by atoms with Crippen molar-refractivity contribution in [1.29, 1.82) is 0 Å². The summed E-state index contributed by atoms with van der Waals surface area (Å²) < 4.78 is 63.6. The van der Waals surface area contributed by atoms with Crippen LogP contribution in [0.15, 0.2) is 42.5 Å². The molecule has 1 heterocycles. The normalized spacial score (nSPS) is 11.5. The van der Waals surface area contributed by atoms with Gasteiger partial charge in [0.15, 0.2) is 24.0 Å². The number of rotatable bonds is 6. The Labute approximate surface area is 161 Å². The predicted octanol–water partition coefficient (Wildman–Crippen LogP) is 3.63. The summed E-state index contributed by atoms with van der Waals surface area (Å²) in [5.74, 6) is -3.87. The summed E-state index contributed by atoms with van der Waals surface area (Å²) in [5, 5.41) is 0. The van der Waals surface area contributed by atoms with Crippen molar-refractivity contribution >= 4 is 22.8 Å². The van der Waals surface area contributed by atoms with Gasteiger partial charge in [-0.3, -0.25) is 9.59 Å². The molecule has 0 aliphatic rings. The lowest BCUT2D eigenvalue weighted by Gasteiger charge is -2.11. The smallest absolute Gasteiger partial charge is 0.449 e. The van der Waals surface area contributed by atoms with Crippen LogP contribution in [-0.4, -0.2) is 35.0 Å². The van der Waals surface area contributed by atoms with Gasteiger partial charge in [0, 0.05) is 5.56 Å². The number of hydrogen-bond acceptors (Lipinski definition) is 5. The molecule has 1 aromatic heterocycles. The topological polar surface area (TPSA) is 70.4 Å². The van der Waals surface area contributed by atoms with Gasteiger partial charge in [-0.1, -0.05) is 12.1 Å². The van der Waals surface area contributed by atoms with Crippen molar-refractivity contribution in [3.63, 3.8) is 0 Å². The highest BCUT2D eigenvalue weighted by Gasteiger charge is 2.38. The number of alkyl halides is 3. The van der Waals surface area contributed by atoms with Crippen LogP contribution in [0.1, 0.15) is 16.2 Å². The summed E-state index contributed by atoms with van der Waals surface area (Å²) in [6, 6.07) is 9.23. The summed E-state index contributed by atoms with van der Waals surface area (Å²) in [6.45, 7) is -1.54. The number of methoxy groups -OCH3 is 1. The van der Waals surface area contributed by atoms with E-state index in [2.05, 4.69) is 4.98 Å². The van der Waals surface area contributed by atoms with Crippen LogP contribution < -0.4 is 4.74 Å². The van der Waals surface area contributed by atoms with E-state index in [0.717, 1.165) is 6.07 Å². The van der Waals surface area contributed by atoms with Gasteiger partial charge in [0.05, 0.1) is 18.1 Å². The van der Waals surface area contributed by atoms with Crippen molar-refractivity contribution in [2.45, 2.75) is 12.7 Å². The second-order valence-corrected chi connectivity index (χ2v) is 5.94. The molecular formula is C19H14F4N2O4. The van der Waals surface area contributed by atoms with E-state index in [-0.39, 0.29) is 22.3 Å². The van der Waals surface area contributed by atoms with Crippen LogP contribution in [0.4, 0.5) is 17.6 Å². The molecule has 3 rings (SSSR count). The van der Waals surface area contributed by atoms with E-state index in [1.165, 1.54) is 43.5 Å². The Kier molecular flexibility index (Phi) is 5.53. The average Bonchev–Trinajstić information content (AvgIpc) is 3.05. The maximum atomic E-state index is 13.7. The minimum atomic E-state index is -4.78. The summed E-state index contributed by atoms with van der Waals surface area (Å²) in [5.41, 5.74) is 0.0953. The van der Waals surface area contributed by atoms with Crippen LogP contribution in [-0.2, 0) is 22.3 Å². The molecule has 10 heteroatoms. The Balaban J connectivity index is 1.73. The Morgan fingerprint density at radius 2 is 1.86 bits per heavy atom. The Morgan fingerprint density at radius 3 is 2.52 bits per heavy atom. The highest BCUT2D eigenvalue weighted by Crippen LogP contribution is 2.31. The second-order valence-electron chi connectivity index (χ2n) is 5.94. The first-order valence-electron chi connectivity index (χ1n) is 8.25. The standard InChI is InChI=1S/C19H14F4N2O4/c1-28-16-7-6-11(8-12(16)20)15(26)10-29-17(27)9-25-14-5-3-2-4-13(14)24-18(25)19(21,22)23/h2-8H,9-10H2,1H3. The lowest BCUT2D eigenvalue weighted by molar-refractivity contribution is -0.150. The minimum Gasteiger partial charge on any atom is -0.494 e. The molecule has 2 aromatic carbocycles. The zero-order chi connectivity index (χ0) is 21.2. The number of para-hydroxylation sites is 2. The lowest BCUT2D eigenvalue weighted by Crippen LogP contribution is -2.22. The van der Waals surface area contributed by atoms with Crippen LogP contribution in [0.2, 0.25) is 0 Å². The molecule has 152 valence electrons. The number of carbonyl (C=O) groups is 2. The number of fused-ring (bicyclic) bond motifs is 1. The van der Waals surface area contributed by atoms with E-state index in [1.807, 2.05) is 0 Å². The van der Waals surface area contributed by atoms with Crippen molar-refractivity contribution in [2.24, 2.45) is 0 Å². The monoisotopic (exact) mass is 410 g/mol. The summed E-state index contributed by atoms with van der Waals surface area (Å²) in [7, 11) is 1.26. The number of halogens is 4. The molecule has 0 saturated heterocycles. The molecule has 0 fully saturated rings. The SMILES string of the molecule is COc1ccc(C(=O)COC(=O)Cn2c(C(F)(F)F)nc3ccccc32)cc1F. The third-order valence-corrected chi connectivity index (χ3v) is 4.03. The maximum Gasteiger partial charge on any atom is 0.449 e. The molecule has 3 aromatic rings. The third-order valence-electron chi connectivity index (χ3n) is 4.03. The molecule has 0 aliphatic heterocycles. The van der Waals surface area contributed by atoms with Crippen molar-refractivity contribution in [3.8, 4) is 5.75 Å². The van der Waals surface area contributed by atoms with Gasteiger partial charge in [0.25, 0.3) is 0 Å². The molecule has 0 saturated carbocycles. The van der Waals surface area contributed by atoms with E-state index >= 15 is 0 Å². The number of hydrogen-bond donors (Lipinski definition) is 0.